The molecule has 0 aliphatic heterocycles. The normalized spacial score (nSPS) is 10.5. The fraction of sp³-hybridized carbons (Fsp3) is 0.125. The molecule has 5 heteroatoms. The van der Waals surface area contributed by atoms with Gasteiger partial charge in [-0.2, -0.15) is 0 Å². The standard InChI is InChI=1S/C16H15N3O2/c1-21-13-3-5-15(18-10-13)19-16(20)9-11-2-4-14-12(8-11)6-7-17-14/h2-8,10,17H,9H2,1H3,(H,18,19,20). The van der Waals surface area contributed by atoms with Crippen LogP contribution in [0.2, 0.25) is 0 Å². The third-order valence-corrected chi connectivity index (χ3v) is 3.22. The third-order valence-electron chi connectivity index (χ3n) is 3.22. The van der Waals surface area contributed by atoms with Gasteiger partial charge in [-0.3, -0.25) is 4.79 Å². The molecule has 0 saturated heterocycles. The average Bonchev–Trinajstić information content (AvgIpc) is 2.95. The maximum Gasteiger partial charge on any atom is 0.229 e. The van der Waals surface area contributed by atoms with Crippen molar-refractivity contribution in [1.29, 1.82) is 0 Å². The lowest BCUT2D eigenvalue weighted by Gasteiger charge is -2.05. The van der Waals surface area contributed by atoms with Crippen molar-refractivity contribution in [3.05, 3.63) is 54.4 Å². The highest BCUT2D eigenvalue weighted by Crippen LogP contribution is 2.15. The van der Waals surface area contributed by atoms with Gasteiger partial charge >= 0.3 is 0 Å². The van der Waals surface area contributed by atoms with E-state index < -0.39 is 0 Å². The van der Waals surface area contributed by atoms with E-state index in [1.165, 1.54) is 0 Å². The number of H-pyrrole nitrogens is 1. The number of methoxy groups -OCH3 is 1. The molecule has 0 radical (unpaired) electrons. The van der Waals surface area contributed by atoms with Gasteiger partial charge in [-0.1, -0.05) is 6.07 Å². The summed E-state index contributed by atoms with van der Waals surface area (Å²) in [5.74, 6) is 1.08. The topological polar surface area (TPSA) is 67.0 Å². The van der Waals surface area contributed by atoms with Crippen LogP contribution in [-0.2, 0) is 11.2 Å². The molecule has 0 bridgehead atoms. The van der Waals surface area contributed by atoms with E-state index in [0.29, 0.717) is 18.0 Å². The van der Waals surface area contributed by atoms with Gasteiger partial charge in [-0.25, -0.2) is 4.98 Å². The highest BCUT2D eigenvalue weighted by Gasteiger charge is 2.06. The fourth-order valence-corrected chi connectivity index (χ4v) is 2.16. The van der Waals surface area contributed by atoms with Crippen LogP contribution < -0.4 is 10.1 Å². The molecule has 1 amide bonds. The average molecular weight is 281 g/mol. The molecular formula is C16H15N3O2. The first-order valence-corrected chi connectivity index (χ1v) is 6.60. The summed E-state index contributed by atoms with van der Waals surface area (Å²) >= 11 is 0. The van der Waals surface area contributed by atoms with Crippen molar-refractivity contribution in [2.75, 3.05) is 12.4 Å². The second-order valence-corrected chi connectivity index (χ2v) is 4.71. The van der Waals surface area contributed by atoms with Crippen molar-refractivity contribution in [3.8, 4) is 5.75 Å². The maximum atomic E-state index is 12.0. The van der Waals surface area contributed by atoms with Crippen LogP contribution in [0.15, 0.2) is 48.8 Å². The summed E-state index contributed by atoms with van der Waals surface area (Å²) in [6.07, 6.45) is 3.77. The summed E-state index contributed by atoms with van der Waals surface area (Å²) < 4.78 is 5.02. The summed E-state index contributed by atoms with van der Waals surface area (Å²) in [4.78, 5) is 19.3. The van der Waals surface area contributed by atoms with E-state index >= 15 is 0 Å². The summed E-state index contributed by atoms with van der Waals surface area (Å²) in [6, 6.07) is 11.4. The van der Waals surface area contributed by atoms with Crippen LogP contribution in [-0.4, -0.2) is 23.0 Å². The number of carbonyl (C=O) groups excluding carboxylic acids is 1. The van der Waals surface area contributed by atoms with Gasteiger partial charge in [0.25, 0.3) is 0 Å². The van der Waals surface area contributed by atoms with Gasteiger partial charge in [0.2, 0.25) is 5.91 Å². The first kappa shape index (κ1) is 13.2. The van der Waals surface area contributed by atoms with Crippen molar-refractivity contribution in [2.24, 2.45) is 0 Å². The Morgan fingerprint density at radius 3 is 2.95 bits per heavy atom. The van der Waals surface area contributed by atoms with Crippen LogP contribution in [0.1, 0.15) is 5.56 Å². The molecule has 2 heterocycles. The minimum absolute atomic E-state index is 0.0949. The molecule has 0 fully saturated rings. The van der Waals surface area contributed by atoms with Gasteiger partial charge in [0.15, 0.2) is 0 Å². The Kier molecular flexibility index (Phi) is 3.55. The predicted molar refractivity (Wildman–Crippen MR) is 81.4 cm³/mol. The molecule has 0 saturated carbocycles. The Labute approximate surface area is 122 Å². The van der Waals surface area contributed by atoms with Crippen molar-refractivity contribution < 1.29 is 9.53 Å². The number of benzene rings is 1. The molecule has 2 aromatic heterocycles. The quantitative estimate of drug-likeness (QED) is 0.772. The summed E-state index contributed by atoms with van der Waals surface area (Å²) in [5.41, 5.74) is 2.03. The minimum Gasteiger partial charge on any atom is -0.495 e. The SMILES string of the molecule is COc1ccc(NC(=O)Cc2ccc3[nH]ccc3c2)nc1. The molecule has 1 aromatic carbocycles. The molecule has 3 rings (SSSR count). The largest absolute Gasteiger partial charge is 0.495 e. The zero-order chi connectivity index (χ0) is 14.7. The number of carbonyl (C=O) groups is 1. The smallest absolute Gasteiger partial charge is 0.229 e. The van der Waals surface area contributed by atoms with E-state index in [4.69, 9.17) is 4.74 Å². The molecule has 5 nitrogen and oxygen atoms in total. The number of amides is 1. The van der Waals surface area contributed by atoms with Crippen molar-refractivity contribution in [2.45, 2.75) is 6.42 Å². The van der Waals surface area contributed by atoms with Gasteiger partial charge in [0.05, 0.1) is 19.7 Å². The number of aromatic amines is 1. The maximum absolute atomic E-state index is 12.0. The number of pyridine rings is 1. The fourth-order valence-electron chi connectivity index (χ4n) is 2.16. The minimum atomic E-state index is -0.0949. The van der Waals surface area contributed by atoms with Gasteiger partial charge in [-0.15, -0.1) is 0 Å². The highest BCUT2D eigenvalue weighted by molar-refractivity contribution is 5.92. The monoisotopic (exact) mass is 281 g/mol. The molecule has 3 aromatic rings. The molecule has 0 aliphatic carbocycles. The van der Waals surface area contributed by atoms with Crippen LogP contribution >= 0.6 is 0 Å². The Morgan fingerprint density at radius 1 is 1.29 bits per heavy atom. The summed E-state index contributed by atoms with van der Waals surface area (Å²) in [5, 5.41) is 3.87. The van der Waals surface area contributed by atoms with Crippen LogP contribution in [0.25, 0.3) is 10.9 Å². The van der Waals surface area contributed by atoms with Crippen LogP contribution in [0.3, 0.4) is 0 Å². The summed E-state index contributed by atoms with van der Waals surface area (Å²) in [6.45, 7) is 0. The lowest BCUT2D eigenvalue weighted by molar-refractivity contribution is -0.115. The van der Waals surface area contributed by atoms with Gasteiger partial charge < -0.3 is 15.0 Å². The number of fused-ring (bicyclic) bond motifs is 1. The van der Waals surface area contributed by atoms with E-state index in [0.717, 1.165) is 16.5 Å². The molecule has 0 atom stereocenters. The van der Waals surface area contributed by atoms with E-state index in [1.807, 2.05) is 30.5 Å². The van der Waals surface area contributed by atoms with Gasteiger partial charge in [0.1, 0.15) is 11.6 Å². The van der Waals surface area contributed by atoms with Gasteiger partial charge in [0, 0.05) is 11.7 Å². The van der Waals surface area contributed by atoms with Crippen LogP contribution in [0.5, 0.6) is 5.75 Å². The zero-order valence-corrected chi connectivity index (χ0v) is 11.6. The number of aromatic nitrogens is 2. The number of anilines is 1. The van der Waals surface area contributed by atoms with E-state index in [1.54, 1.807) is 25.4 Å². The Bertz CT molecular complexity index is 763. The number of rotatable bonds is 4. The Hall–Kier alpha value is -2.82. The van der Waals surface area contributed by atoms with Crippen LogP contribution in [0, 0.1) is 0 Å². The number of hydrogen-bond donors (Lipinski definition) is 2. The second kappa shape index (κ2) is 5.66. The molecule has 21 heavy (non-hydrogen) atoms. The van der Waals surface area contributed by atoms with Crippen molar-refractivity contribution >= 4 is 22.6 Å². The van der Waals surface area contributed by atoms with Crippen LogP contribution in [0.4, 0.5) is 5.82 Å². The van der Waals surface area contributed by atoms with E-state index in [-0.39, 0.29) is 5.91 Å². The predicted octanol–water partition coefficient (Wildman–Crippen LogP) is 2.75. The first-order chi connectivity index (χ1) is 10.2. The summed E-state index contributed by atoms with van der Waals surface area (Å²) in [7, 11) is 1.58. The number of hydrogen-bond acceptors (Lipinski definition) is 3. The molecule has 0 aliphatic rings. The first-order valence-electron chi connectivity index (χ1n) is 6.60. The Balaban J connectivity index is 1.67. The van der Waals surface area contributed by atoms with E-state index in [2.05, 4.69) is 15.3 Å². The number of ether oxygens (including phenoxy) is 1. The van der Waals surface area contributed by atoms with Crippen molar-refractivity contribution in [3.63, 3.8) is 0 Å². The van der Waals surface area contributed by atoms with E-state index in [9.17, 15) is 4.79 Å². The molecule has 106 valence electrons. The lowest BCUT2D eigenvalue weighted by Crippen LogP contribution is -2.15. The zero-order valence-electron chi connectivity index (χ0n) is 11.6. The second-order valence-electron chi connectivity index (χ2n) is 4.71. The molecular weight excluding hydrogens is 266 g/mol. The molecule has 0 unspecified atom stereocenters. The number of nitrogens with zero attached hydrogens (tertiary/aromatic N) is 1. The van der Waals surface area contributed by atoms with Gasteiger partial charge in [-0.05, 0) is 41.3 Å². The molecule has 0 spiro atoms. The highest BCUT2D eigenvalue weighted by atomic mass is 16.5. The number of nitrogens with one attached hydrogen (secondary N) is 2. The molecule has 2 N–H and O–H groups in total. The van der Waals surface area contributed by atoms with Crippen molar-refractivity contribution in [1.82, 2.24) is 9.97 Å². The Morgan fingerprint density at radius 2 is 2.19 bits per heavy atom. The third kappa shape index (κ3) is 3.02. The lowest BCUT2D eigenvalue weighted by atomic mass is 10.1.